The lowest BCUT2D eigenvalue weighted by Crippen LogP contribution is -2.23. The van der Waals surface area contributed by atoms with Crippen LogP contribution in [-0.4, -0.2) is 46.8 Å². The number of hydrogen-bond donors (Lipinski definition) is 1. The molecule has 0 radical (unpaired) electrons. The zero-order valence-electron chi connectivity index (χ0n) is 24.1. The van der Waals surface area contributed by atoms with Gasteiger partial charge in [0.15, 0.2) is 23.4 Å². The van der Waals surface area contributed by atoms with Gasteiger partial charge in [0.05, 0.1) is 35.3 Å². The maximum atomic E-state index is 13.8. The Hall–Kier alpha value is -3.70. The number of para-hydroxylation sites is 1. The number of aliphatic carboxylic acids is 1. The summed E-state index contributed by atoms with van der Waals surface area (Å²) < 4.78 is 19.3. The highest BCUT2D eigenvalue weighted by atomic mass is 79.9. The lowest BCUT2D eigenvalue weighted by atomic mass is 9.96. The van der Waals surface area contributed by atoms with Crippen LogP contribution in [0.5, 0.6) is 17.2 Å². The third-order valence-corrected chi connectivity index (χ3v) is 8.75. The standard InChI is InChI=1S/C31H31Br2N3O6/c1-7-41-25-13-19(26(32)27(33)28(25)42-18(5)31(38)39)15-34-36-29(35-23-11-9-8-10-20(23)30(36)37)22-14-21(16(2)3)24(40-6)12-17(22)4/h8-16,18H,7H2,1-6H3,(H,38,39)/t18-/m0/s1. The molecule has 0 saturated heterocycles. The fourth-order valence-corrected chi connectivity index (χ4v) is 5.31. The second-order valence-corrected chi connectivity index (χ2v) is 11.4. The molecule has 1 heterocycles. The predicted octanol–water partition coefficient (Wildman–Crippen LogP) is 7.16. The molecule has 1 atom stereocenters. The van der Waals surface area contributed by atoms with Gasteiger partial charge in [-0.25, -0.2) is 9.78 Å². The second kappa shape index (κ2) is 13.1. The van der Waals surface area contributed by atoms with E-state index in [9.17, 15) is 14.7 Å². The lowest BCUT2D eigenvalue weighted by Gasteiger charge is -2.18. The number of halogens is 2. The summed E-state index contributed by atoms with van der Waals surface area (Å²) in [5, 5.41) is 14.4. The fourth-order valence-electron chi connectivity index (χ4n) is 4.39. The van der Waals surface area contributed by atoms with Crippen LogP contribution in [0.25, 0.3) is 22.3 Å². The van der Waals surface area contributed by atoms with Crippen LogP contribution in [0.2, 0.25) is 0 Å². The summed E-state index contributed by atoms with van der Waals surface area (Å²) >= 11 is 7.05. The number of fused-ring (bicyclic) bond motifs is 1. The molecule has 1 N–H and O–H groups in total. The Bertz CT molecular complexity index is 1750. The molecule has 0 saturated carbocycles. The van der Waals surface area contributed by atoms with Crippen molar-refractivity contribution in [2.45, 2.75) is 46.6 Å². The van der Waals surface area contributed by atoms with Gasteiger partial charge in [-0.3, -0.25) is 4.79 Å². The number of methoxy groups -OCH3 is 1. The van der Waals surface area contributed by atoms with Gasteiger partial charge in [0.1, 0.15) is 5.75 Å². The summed E-state index contributed by atoms with van der Waals surface area (Å²) in [6.07, 6.45) is 0.408. The van der Waals surface area contributed by atoms with Crippen LogP contribution in [0, 0.1) is 6.92 Å². The maximum Gasteiger partial charge on any atom is 0.344 e. The summed E-state index contributed by atoms with van der Waals surface area (Å²) in [6, 6.07) is 12.8. The van der Waals surface area contributed by atoms with Crippen molar-refractivity contribution < 1.29 is 24.1 Å². The van der Waals surface area contributed by atoms with Crippen molar-refractivity contribution >= 4 is 54.9 Å². The number of ether oxygens (including phenoxy) is 3. The van der Waals surface area contributed by atoms with Gasteiger partial charge in [-0.1, -0.05) is 26.0 Å². The zero-order valence-corrected chi connectivity index (χ0v) is 27.2. The zero-order chi connectivity index (χ0) is 30.7. The van der Waals surface area contributed by atoms with Crippen molar-refractivity contribution in [1.82, 2.24) is 9.66 Å². The molecular weight excluding hydrogens is 670 g/mol. The molecule has 42 heavy (non-hydrogen) atoms. The van der Waals surface area contributed by atoms with E-state index >= 15 is 0 Å². The van der Waals surface area contributed by atoms with E-state index in [4.69, 9.17) is 19.2 Å². The Morgan fingerprint density at radius 2 is 1.83 bits per heavy atom. The molecular formula is C31H31Br2N3O6. The molecule has 4 aromatic rings. The van der Waals surface area contributed by atoms with Gasteiger partial charge in [-0.2, -0.15) is 9.78 Å². The van der Waals surface area contributed by atoms with E-state index in [0.717, 1.165) is 22.4 Å². The Balaban J connectivity index is 1.94. The molecule has 0 bridgehead atoms. The topological polar surface area (TPSA) is 112 Å². The number of aromatic nitrogens is 2. The average Bonchev–Trinajstić information content (AvgIpc) is 2.96. The summed E-state index contributed by atoms with van der Waals surface area (Å²) in [6.45, 7) is 9.65. The van der Waals surface area contributed by atoms with Crippen LogP contribution in [-0.2, 0) is 4.79 Å². The van der Waals surface area contributed by atoms with E-state index in [1.54, 1.807) is 31.4 Å². The molecule has 0 unspecified atom stereocenters. The molecule has 220 valence electrons. The highest BCUT2D eigenvalue weighted by molar-refractivity contribution is 9.13. The van der Waals surface area contributed by atoms with Crippen molar-refractivity contribution in [3.05, 3.63) is 78.5 Å². The molecule has 4 rings (SSSR count). The molecule has 0 aliphatic rings. The van der Waals surface area contributed by atoms with Crippen molar-refractivity contribution in [2.24, 2.45) is 5.10 Å². The monoisotopic (exact) mass is 699 g/mol. The largest absolute Gasteiger partial charge is 0.496 e. The number of aryl methyl sites for hydroxylation is 1. The number of carboxylic acids is 1. The number of benzene rings is 3. The minimum atomic E-state index is -1.11. The third kappa shape index (κ3) is 6.22. The molecule has 0 amide bonds. The van der Waals surface area contributed by atoms with Crippen LogP contribution in [0.15, 0.2) is 61.3 Å². The third-order valence-electron chi connectivity index (χ3n) is 6.60. The number of hydrogen-bond acceptors (Lipinski definition) is 7. The lowest BCUT2D eigenvalue weighted by molar-refractivity contribution is -0.144. The number of carboxylic acid groups (broad SMARTS) is 1. The SMILES string of the molecule is CCOc1cc(C=Nn2c(-c3cc(C(C)C)c(OC)cc3C)nc3ccccc3c2=O)c(Br)c(Br)c1O[C@@H](C)C(=O)O. The normalized spacial score (nSPS) is 12.2. The first-order valence-corrected chi connectivity index (χ1v) is 14.9. The maximum absolute atomic E-state index is 13.8. The molecule has 9 nitrogen and oxygen atoms in total. The van der Waals surface area contributed by atoms with Gasteiger partial charge in [-0.05, 0) is 100 Å². The molecule has 0 aliphatic heterocycles. The van der Waals surface area contributed by atoms with Gasteiger partial charge < -0.3 is 19.3 Å². The molecule has 0 spiro atoms. The Morgan fingerprint density at radius 3 is 2.48 bits per heavy atom. The quantitative estimate of drug-likeness (QED) is 0.175. The Kier molecular flexibility index (Phi) is 9.73. The van der Waals surface area contributed by atoms with E-state index < -0.39 is 12.1 Å². The van der Waals surface area contributed by atoms with Crippen LogP contribution in [0.1, 0.15) is 50.3 Å². The Morgan fingerprint density at radius 1 is 1.12 bits per heavy atom. The van der Waals surface area contributed by atoms with E-state index in [1.807, 2.05) is 32.0 Å². The average molecular weight is 701 g/mol. The smallest absolute Gasteiger partial charge is 0.344 e. The highest BCUT2D eigenvalue weighted by Crippen LogP contribution is 2.43. The molecule has 11 heteroatoms. The Labute approximate surface area is 260 Å². The summed E-state index contributed by atoms with van der Waals surface area (Å²) in [5.74, 6) is 0.748. The van der Waals surface area contributed by atoms with Gasteiger partial charge in [0.25, 0.3) is 5.56 Å². The van der Waals surface area contributed by atoms with Crippen LogP contribution >= 0.6 is 31.9 Å². The van der Waals surface area contributed by atoms with Crippen molar-refractivity contribution in [2.75, 3.05) is 13.7 Å². The highest BCUT2D eigenvalue weighted by Gasteiger charge is 2.23. The molecule has 1 aromatic heterocycles. The summed E-state index contributed by atoms with van der Waals surface area (Å²) in [4.78, 5) is 30.1. The van der Waals surface area contributed by atoms with E-state index in [2.05, 4.69) is 50.8 Å². The van der Waals surface area contributed by atoms with E-state index in [1.165, 1.54) is 17.8 Å². The summed E-state index contributed by atoms with van der Waals surface area (Å²) in [5.41, 5.74) is 3.39. The van der Waals surface area contributed by atoms with Crippen LogP contribution < -0.4 is 19.8 Å². The predicted molar refractivity (Wildman–Crippen MR) is 171 cm³/mol. The second-order valence-electron chi connectivity index (χ2n) is 9.83. The van der Waals surface area contributed by atoms with Gasteiger partial charge in [0, 0.05) is 15.6 Å². The molecule has 0 fully saturated rings. The first kappa shape index (κ1) is 31.2. The van der Waals surface area contributed by atoms with Gasteiger partial charge in [0.2, 0.25) is 0 Å². The fraction of sp³-hybridized carbons (Fsp3) is 0.290. The number of nitrogens with zero attached hydrogens (tertiary/aromatic N) is 3. The minimum absolute atomic E-state index is 0.165. The summed E-state index contributed by atoms with van der Waals surface area (Å²) in [7, 11) is 1.64. The van der Waals surface area contributed by atoms with E-state index in [0.29, 0.717) is 43.6 Å². The van der Waals surface area contributed by atoms with Crippen molar-refractivity contribution in [3.63, 3.8) is 0 Å². The number of carbonyl (C=O) groups is 1. The van der Waals surface area contributed by atoms with Gasteiger partial charge in [-0.15, -0.1) is 0 Å². The van der Waals surface area contributed by atoms with Crippen LogP contribution in [0.4, 0.5) is 0 Å². The van der Waals surface area contributed by atoms with E-state index in [-0.39, 0.29) is 17.2 Å². The minimum Gasteiger partial charge on any atom is -0.496 e. The molecule has 3 aromatic carbocycles. The molecule has 0 aliphatic carbocycles. The van der Waals surface area contributed by atoms with Crippen LogP contribution in [0.3, 0.4) is 0 Å². The van der Waals surface area contributed by atoms with Crippen molar-refractivity contribution in [1.29, 1.82) is 0 Å². The first-order valence-electron chi connectivity index (χ1n) is 13.3. The van der Waals surface area contributed by atoms with Crippen molar-refractivity contribution in [3.8, 4) is 28.6 Å². The van der Waals surface area contributed by atoms with Gasteiger partial charge >= 0.3 is 5.97 Å². The number of rotatable bonds is 10. The first-order chi connectivity index (χ1) is 20.0.